The van der Waals surface area contributed by atoms with Gasteiger partial charge in [-0.05, 0) is 56.1 Å². The molecule has 1 aromatic rings. The van der Waals surface area contributed by atoms with Crippen molar-refractivity contribution in [2.24, 2.45) is 5.41 Å². The van der Waals surface area contributed by atoms with E-state index >= 15 is 0 Å². The molecule has 1 N–H and O–H groups in total. The Morgan fingerprint density at radius 2 is 1.83 bits per heavy atom. The zero-order valence-corrected chi connectivity index (χ0v) is 11.4. The van der Waals surface area contributed by atoms with Crippen LogP contribution in [0.5, 0.6) is 0 Å². The lowest BCUT2D eigenvalue weighted by atomic mass is 9.80. The first-order valence-electron chi connectivity index (χ1n) is 6.71. The maximum absolute atomic E-state index is 12.8. The molecule has 0 atom stereocenters. The van der Waals surface area contributed by atoms with Crippen molar-refractivity contribution in [2.75, 3.05) is 26.7 Å². The molecular weight excluding hydrogens is 227 g/mol. The average Bonchev–Trinajstić information content (AvgIpc) is 2.32. The molecule has 0 aliphatic carbocycles. The predicted molar refractivity (Wildman–Crippen MR) is 72.9 cm³/mol. The first kappa shape index (κ1) is 13.5. The fraction of sp³-hybridized carbons (Fsp3) is 0.600. The molecule has 100 valence electrons. The minimum absolute atomic E-state index is 0.160. The zero-order valence-electron chi connectivity index (χ0n) is 11.4. The van der Waals surface area contributed by atoms with Crippen molar-refractivity contribution in [1.82, 2.24) is 10.2 Å². The SMILES string of the molecule is CN(Cc1ccc(F)cc1)CC1(C)CCNCC1. The van der Waals surface area contributed by atoms with Gasteiger partial charge in [0.05, 0.1) is 0 Å². The van der Waals surface area contributed by atoms with E-state index in [4.69, 9.17) is 0 Å². The molecule has 1 heterocycles. The molecule has 0 saturated carbocycles. The van der Waals surface area contributed by atoms with Crippen LogP contribution >= 0.6 is 0 Å². The molecule has 0 bridgehead atoms. The molecule has 0 spiro atoms. The fourth-order valence-corrected chi connectivity index (χ4v) is 2.80. The first-order chi connectivity index (χ1) is 8.57. The van der Waals surface area contributed by atoms with Gasteiger partial charge in [-0.25, -0.2) is 4.39 Å². The number of hydrogen-bond donors (Lipinski definition) is 1. The number of hydrogen-bond acceptors (Lipinski definition) is 2. The Labute approximate surface area is 109 Å². The highest BCUT2D eigenvalue weighted by Crippen LogP contribution is 2.28. The van der Waals surface area contributed by atoms with Gasteiger partial charge in [0, 0.05) is 13.1 Å². The van der Waals surface area contributed by atoms with Crippen molar-refractivity contribution in [2.45, 2.75) is 26.3 Å². The van der Waals surface area contributed by atoms with E-state index in [1.807, 2.05) is 12.1 Å². The molecular formula is C15H23FN2. The molecule has 2 nitrogen and oxygen atoms in total. The van der Waals surface area contributed by atoms with Gasteiger partial charge in [-0.15, -0.1) is 0 Å². The van der Waals surface area contributed by atoms with E-state index in [2.05, 4.69) is 24.2 Å². The Balaban J connectivity index is 1.87. The van der Waals surface area contributed by atoms with Gasteiger partial charge >= 0.3 is 0 Å². The Bertz CT molecular complexity index is 369. The van der Waals surface area contributed by atoms with Crippen LogP contribution in [-0.4, -0.2) is 31.6 Å². The molecule has 1 fully saturated rings. The van der Waals surface area contributed by atoms with E-state index < -0.39 is 0 Å². The third-order valence-corrected chi connectivity index (χ3v) is 3.83. The molecule has 1 aliphatic rings. The van der Waals surface area contributed by atoms with Gasteiger partial charge in [0.1, 0.15) is 5.82 Å². The number of halogens is 1. The van der Waals surface area contributed by atoms with E-state index in [9.17, 15) is 4.39 Å². The number of nitrogens with one attached hydrogen (secondary N) is 1. The second-order valence-corrected chi connectivity index (χ2v) is 5.86. The summed E-state index contributed by atoms with van der Waals surface area (Å²) in [5, 5.41) is 3.41. The highest BCUT2D eigenvalue weighted by molar-refractivity contribution is 5.15. The summed E-state index contributed by atoms with van der Waals surface area (Å²) in [6.45, 7) is 6.62. The molecule has 0 radical (unpaired) electrons. The van der Waals surface area contributed by atoms with Crippen molar-refractivity contribution in [3.05, 3.63) is 35.6 Å². The Morgan fingerprint density at radius 1 is 1.22 bits per heavy atom. The number of rotatable bonds is 4. The maximum Gasteiger partial charge on any atom is 0.123 e. The third-order valence-electron chi connectivity index (χ3n) is 3.83. The second kappa shape index (κ2) is 5.81. The summed E-state index contributed by atoms with van der Waals surface area (Å²) < 4.78 is 12.8. The standard InChI is InChI=1S/C15H23FN2/c1-15(7-9-17-10-8-15)12-18(2)11-13-3-5-14(16)6-4-13/h3-6,17H,7-12H2,1-2H3. The first-order valence-corrected chi connectivity index (χ1v) is 6.71. The highest BCUT2D eigenvalue weighted by Gasteiger charge is 2.27. The summed E-state index contributed by atoms with van der Waals surface area (Å²) in [5.74, 6) is -0.160. The average molecular weight is 250 g/mol. The summed E-state index contributed by atoms with van der Waals surface area (Å²) >= 11 is 0. The monoisotopic (exact) mass is 250 g/mol. The predicted octanol–water partition coefficient (Wildman–Crippen LogP) is 2.65. The molecule has 3 heteroatoms. The summed E-state index contributed by atoms with van der Waals surface area (Å²) in [6.07, 6.45) is 2.47. The second-order valence-electron chi connectivity index (χ2n) is 5.86. The van der Waals surface area contributed by atoms with E-state index in [-0.39, 0.29) is 5.82 Å². The van der Waals surface area contributed by atoms with Crippen LogP contribution in [0, 0.1) is 11.2 Å². The quantitative estimate of drug-likeness (QED) is 0.884. The zero-order chi connectivity index (χ0) is 13.0. The van der Waals surface area contributed by atoms with Crippen LogP contribution in [-0.2, 0) is 6.54 Å². The lowest BCUT2D eigenvalue weighted by Crippen LogP contribution is -2.41. The highest BCUT2D eigenvalue weighted by atomic mass is 19.1. The van der Waals surface area contributed by atoms with Gasteiger partial charge in [-0.1, -0.05) is 19.1 Å². The van der Waals surface area contributed by atoms with Crippen LogP contribution in [0.15, 0.2) is 24.3 Å². The Morgan fingerprint density at radius 3 is 2.44 bits per heavy atom. The van der Waals surface area contributed by atoms with Crippen LogP contribution in [0.2, 0.25) is 0 Å². The lowest BCUT2D eigenvalue weighted by molar-refractivity contribution is 0.143. The van der Waals surface area contributed by atoms with Crippen LogP contribution in [0.3, 0.4) is 0 Å². The number of benzene rings is 1. The topological polar surface area (TPSA) is 15.3 Å². The van der Waals surface area contributed by atoms with Crippen molar-refractivity contribution in [3.63, 3.8) is 0 Å². The molecule has 0 aromatic heterocycles. The summed E-state index contributed by atoms with van der Waals surface area (Å²) in [4.78, 5) is 2.35. The summed E-state index contributed by atoms with van der Waals surface area (Å²) in [6, 6.07) is 6.82. The van der Waals surface area contributed by atoms with Crippen LogP contribution in [0.1, 0.15) is 25.3 Å². The van der Waals surface area contributed by atoms with Crippen molar-refractivity contribution >= 4 is 0 Å². The number of piperidine rings is 1. The molecule has 2 rings (SSSR count). The fourth-order valence-electron chi connectivity index (χ4n) is 2.80. The van der Waals surface area contributed by atoms with Gasteiger partial charge in [-0.2, -0.15) is 0 Å². The van der Waals surface area contributed by atoms with E-state index in [1.165, 1.54) is 30.5 Å². The van der Waals surface area contributed by atoms with Crippen LogP contribution in [0.4, 0.5) is 4.39 Å². The van der Waals surface area contributed by atoms with Gasteiger partial charge in [-0.3, -0.25) is 0 Å². The molecule has 1 saturated heterocycles. The smallest absolute Gasteiger partial charge is 0.123 e. The summed E-state index contributed by atoms with van der Waals surface area (Å²) in [7, 11) is 2.15. The maximum atomic E-state index is 12.8. The summed E-state index contributed by atoms with van der Waals surface area (Å²) in [5.41, 5.74) is 1.59. The van der Waals surface area contributed by atoms with Crippen molar-refractivity contribution < 1.29 is 4.39 Å². The molecule has 1 aromatic carbocycles. The Hall–Kier alpha value is -0.930. The largest absolute Gasteiger partial charge is 0.317 e. The molecule has 0 unspecified atom stereocenters. The molecule has 1 aliphatic heterocycles. The Kier molecular flexibility index (Phi) is 4.36. The minimum atomic E-state index is -0.160. The normalized spacial score (nSPS) is 19.1. The van der Waals surface area contributed by atoms with Gasteiger partial charge in [0.25, 0.3) is 0 Å². The molecule has 0 amide bonds. The van der Waals surface area contributed by atoms with Crippen LogP contribution < -0.4 is 5.32 Å². The van der Waals surface area contributed by atoms with Gasteiger partial charge < -0.3 is 10.2 Å². The minimum Gasteiger partial charge on any atom is -0.317 e. The third kappa shape index (κ3) is 3.79. The van der Waals surface area contributed by atoms with Crippen LogP contribution in [0.25, 0.3) is 0 Å². The van der Waals surface area contributed by atoms with E-state index in [1.54, 1.807) is 0 Å². The van der Waals surface area contributed by atoms with E-state index in [0.717, 1.165) is 26.2 Å². The van der Waals surface area contributed by atoms with E-state index in [0.29, 0.717) is 5.41 Å². The number of nitrogens with zero attached hydrogens (tertiary/aromatic N) is 1. The van der Waals surface area contributed by atoms with Gasteiger partial charge in [0.15, 0.2) is 0 Å². The molecule has 18 heavy (non-hydrogen) atoms. The lowest BCUT2D eigenvalue weighted by Gasteiger charge is -2.37. The van der Waals surface area contributed by atoms with Gasteiger partial charge in [0.2, 0.25) is 0 Å². The van der Waals surface area contributed by atoms with Crippen molar-refractivity contribution in [1.29, 1.82) is 0 Å². The van der Waals surface area contributed by atoms with Crippen molar-refractivity contribution in [3.8, 4) is 0 Å².